The summed E-state index contributed by atoms with van der Waals surface area (Å²) in [6.07, 6.45) is 4.51. The topological polar surface area (TPSA) is 25.8 Å². The van der Waals surface area contributed by atoms with E-state index in [2.05, 4.69) is 90.8 Å². The zero-order valence-electron chi connectivity index (χ0n) is 18.6. The Bertz CT molecular complexity index is 1630. The molecule has 164 valence electrons. The molecule has 4 heteroatoms. The number of benzene rings is 3. The molecular formula is C30H21ClN2S. The fraction of sp³-hybridized carbons (Fsp3) is 0.0667. The van der Waals surface area contributed by atoms with E-state index in [0.29, 0.717) is 5.15 Å². The number of hydrogen-bond acceptors (Lipinski definition) is 3. The van der Waals surface area contributed by atoms with Gasteiger partial charge in [-0.05, 0) is 52.4 Å². The highest BCUT2D eigenvalue weighted by Gasteiger charge is 2.20. The van der Waals surface area contributed by atoms with Gasteiger partial charge in [-0.3, -0.25) is 4.98 Å². The van der Waals surface area contributed by atoms with E-state index >= 15 is 0 Å². The Morgan fingerprint density at radius 2 is 1.44 bits per heavy atom. The first-order valence-corrected chi connectivity index (χ1v) is 12.5. The first-order valence-electron chi connectivity index (χ1n) is 11.3. The molecular weight excluding hydrogens is 456 g/mol. The maximum absolute atomic E-state index is 6.83. The van der Waals surface area contributed by atoms with Crippen molar-refractivity contribution >= 4 is 43.2 Å². The van der Waals surface area contributed by atoms with Crippen molar-refractivity contribution in [2.24, 2.45) is 0 Å². The molecule has 0 aliphatic carbocycles. The van der Waals surface area contributed by atoms with Gasteiger partial charge in [0.15, 0.2) is 0 Å². The Morgan fingerprint density at radius 1 is 0.794 bits per heavy atom. The van der Waals surface area contributed by atoms with Gasteiger partial charge >= 0.3 is 0 Å². The van der Waals surface area contributed by atoms with Gasteiger partial charge < -0.3 is 0 Å². The van der Waals surface area contributed by atoms with Crippen molar-refractivity contribution in [3.05, 3.63) is 108 Å². The molecule has 0 radical (unpaired) electrons. The zero-order chi connectivity index (χ0) is 23.1. The molecule has 2 nitrogen and oxygen atoms in total. The van der Waals surface area contributed by atoms with Gasteiger partial charge in [-0.25, -0.2) is 4.98 Å². The molecule has 0 N–H and O–H groups in total. The third-order valence-electron chi connectivity index (χ3n) is 6.27. The van der Waals surface area contributed by atoms with Crippen LogP contribution in [0.5, 0.6) is 0 Å². The second kappa shape index (κ2) is 8.68. The number of nitrogens with zero attached hydrogens (tertiary/aromatic N) is 2. The van der Waals surface area contributed by atoms with Crippen molar-refractivity contribution < 1.29 is 0 Å². The van der Waals surface area contributed by atoms with E-state index in [9.17, 15) is 0 Å². The molecule has 0 unspecified atom stereocenters. The molecule has 0 spiro atoms. The number of hydrogen-bond donors (Lipinski definition) is 0. The smallest absolute Gasteiger partial charge is 0.138 e. The number of aromatic nitrogens is 2. The molecule has 0 amide bonds. The van der Waals surface area contributed by atoms with Crippen LogP contribution in [-0.2, 0) is 6.42 Å². The monoisotopic (exact) mass is 476 g/mol. The van der Waals surface area contributed by atoms with Crippen molar-refractivity contribution in [1.82, 2.24) is 9.97 Å². The minimum atomic E-state index is 0.533. The van der Waals surface area contributed by atoms with E-state index in [-0.39, 0.29) is 0 Å². The van der Waals surface area contributed by atoms with Crippen LogP contribution >= 0.6 is 22.9 Å². The van der Waals surface area contributed by atoms with Crippen LogP contribution in [0.4, 0.5) is 0 Å². The highest BCUT2D eigenvalue weighted by Crippen LogP contribution is 2.45. The standard InChI is InChI=1S/C30H21ClN2S/c1-2-22-27(21-14-9-15-32-18-21)30(31)33-28-25-16-23(19-10-5-3-6-11-19)24(17-26(25)34-29(22)28)20-12-7-4-8-13-20/h3-18H,2H2,1H3. The average molecular weight is 477 g/mol. The first-order chi connectivity index (χ1) is 16.7. The van der Waals surface area contributed by atoms with E-state index in [1.807, 2.05) is 12.3 Å². The number of halogens is 1. The highest BCUT2D eigenvalue weighted by atomic mass is 35.5. The number of aryl methyl sites for hydroxylation is 1. The van der Waals surface area contributed by atoms with Crippen molar-refractivity contribution in [3.63, 3.8) is 0 Å². The van der Waals surface area contributed by atoms with Crippen LogP contribution in [0, 0.1) is 0 Å². The lowest BCUT2D eigenvalue weighted by Gasteiger charge is -2.12. The van der Waals surface area contributed by atoms with Crippen molar-refractivity contribution in [2.75, 3.05) is 0 Å². The second-order valence-electron chi connectivity index (χ2n) is 8.26. The van der Waals surface area contributed by atoms with Gasteiger partial charge in [0.05, 0.1) is 10.2 Å². The zero-order valence-corrected chi connectivity index (χ0v) is 20.2. The van der Waals surface area contributed by atoms with Crippen LogP contribution in [-0.4, -0.2) is 9.97 Å². The molecule has 6 aromatic rings. The van der Waals surface area contributed by atoms with Gasteiger partial charge in [-0.2, -0.15) is 0 Å². The van der Waals surface area contributed by atoms with Crippen molar-refractivity contribution in [2.45, 2.75) is 13.3 Å². The Hall–Kier alpha value is -3.53. The van der Waals surface area contributed by atoms with E-state index in [4.69, 9.17) is 16.6 Å². The fourth-order valence-corrected chi connectivity index (χ4v) is 6.28. The molecule has 0 saturated heterocycles. The van der Waals surface area contributed by atoms with Crippen LogP contribution in [0.2, 0.25) is 5.15 Å². The summed E-state index contributed by atoms with van der Waals surface area (Å²) in [5.41, 5.74) is 9.02. The summed E-state index contributed by atoms with van der Waals surface area (Å²) < 4.78 is 2.42. The number of thiophene rings is 1. The predicted octanol–water partition coefficient (Wildman–Crippen LogP) is 9.06. The Labute approximate surface area is 207 Å². The van der Waals surface area contributed by atoms with E-state index < -0.39 is 0 Å². The summed E-state index contributed by atoms with van der Waals surface area (Å²) in [4.78, 5) is 9.24. The summed E-state index contributed by atoms with van der Waals surface area (Å²) in [6, 6.07) is 29.8. The maximum atomic E-state index is 6.83. The fourth-order valence-electron chi connectivity index (χ4n) is 4.69. The maximum Gasteiger partial charge on any atom is 0.138 e. The van der Waals surface area contributed by atoms with Crippen LogP contribution in [0.3, 0.4) is 0 Å². The van der Waals surface area contributed by atoms with Gasteiger partial charge in [-0.1, -0.05) is 85.3 Å². The lowest BCUT2D eigenvalue weighted by molar-refractivity contribution is 1.15. The SMILES string of the molecule is CCc1c(-c2cccnc2)c(Cl)nc2c1sc1cc(-c3ccccc3)c(-c3ccccc3)cc12. The minimum Gasteiger partial charge on any atom is -0.264 e. The quantitative estimate of drug-likeness (QED) is 0.237. The van der Waals surface area contributed by atoms with E-state index in [1.54, 1.807) is 17.5 Å². The molecule has 0 fully saturated rings. The van der Waals surface area contributed by atoms with Gasteiger partial charge in [0.2, 0.25) is 0 Å². The Kier molecular flexibility index (Phi) is 5.37. The van der Waals surface area contributed by atoms with Crippen LogP contribution in [0.25, 0.3) is 53.7 Å². The molecule has 0 saturated carbocycles. The summed E-state index contributed by atoms with van der Waals surface area (Å²) in [5.74, 6) is 0. The van der Waals surface area contributed by atoms with Crippen molar-refractivity contribution in [3.8, 4) is 33.4 Å². The van der Waals surface area contributed by atoms with E-state index in [1.165, 1.54) is 37.2 Å². The average Bonchev–Trinajstić information content (AvgIpc) is 3.25. The molecule has 3 aromatic carbocycles. The third kappa shape index (κ3) is 3.49. The number of rotatable bonds is 4. The highest BCUT2D eigenvalue weighted by molar-refractivity contribution is 7.26. The predicted molar refractivity (Wildman–Crippen MR) is 146 cm³/mol. The van der Waals surface area contributed by atoms with Crippen molar-refractivity contribution in [1.29, 1.82) is 0 Å². The second-order valence-corrected chi connectivity index (χ2v) is 9.67. The van der Waals surface area contributed by atoms with Gasteiger partial charge in [0, 0.05) is 33.6 Å². The van der Waals surface area contributed by atoms with Crippen LogP contribution in [0.15, 0.2) is 97.3 Å². The summed E-state index contributed by atoms with van der Waals surface area (Å²) in [7, 11) is 0. The summed E-state index contributed by atoms with van der Waals surface area (Å²) in [5, 5.41) is 1.68. The molecule has 0 bridgehead atoms. The first kappa shape index (κ1) is 21.0. The van der Waals surface area contributed by atoms with Crippen LogP contribution < -0.4 is 0 Å². The molecule has 0 aliphatic rings. The summed E-state index contributed by atoms with van der Waals surface area (Å²) >= 11 is 8.63. The molecule has 3 heterocycles. The van der Waals surface area contributed by atoms with E-state index in [0.717, 1.165) is 28.5 Å². The largest absolute Gasteiger partial charge is 0.264 e. The molecule has 0 atom stereocenters. The lowest BCUT2D eigenvalue weighted by Crippen LogP contribution is -1.93. The third-order valence-corrected chi connectivity index (χ3v) is 7.74. The number of fused-ring (bicyclic) bond motifs is 3. The Balaban J connectivity index is 1.69. The minimum absolute atomic E-state index is 0.533. The molecule has 6 rings (SSSR count). The molecule has 0 aliphatic heterocycles. The van der Waals surface area contributed by atoms with Gasteiger partial charge in [-0.15, -0.1) is 11.3 Å². The van der Waals surface area contributed by atoms with Crippen LogP contribution in [0.1, 0.15) is 12.5 Å². The molecule has 34 heavy (non-hydrogen) atoms. The van der Waals surface area contributed by atoms with Gasteiger partial charge in [0.1, 0.15) is 5.15 Å². The van der Waals surface area contributed by atoms with Gasteiger partial charge in [0.25, 0.3) is 0 Å². The Morgan fingerprint density at radius 3 is 2.06 bits per heavy atom. The normalized spacial score (nSPS) is 11.4. The lowest BCUT2D eigenvalue weighted by atomic mass is 9.93. The number of pyridine rings is 2. The molecule has 3 aromatic heterocycles. The summed E-state index contributed by atoms with van der Waals surface area (Å²) in [6.45, 7) is 2.18.